The first-order valence-electron chi connectivity index (χ1n) is 5.74. The minimum atomic E-state index is -2.20. The molecule has 0 aliphatic rings. The van der Waals surface area contributed by atoms with E-state index in [0.717, 1.165) is 3.93 Å². The molecule has 0 amide bonds. The van der Waals surface area contributed by atoms with Gasteiger partial charge in [-0.05, 0) is 0 Å². The van der Waals surface area contributed by atoms with Crippen molar-refractivity contribution in [3.05, 3.63) is 0 Å². The first-order chi connectivity index (χ1) is 6.39. The summed E-state index contributed by atoms with van der Waals surface area (Å²) >= 11 is -2.20. The van der Waals surface area contributed by atoms with Crippen molar-refractivity contribution in [2.45, 2.75) is 42.0 Å². The van der Waals surface area contributed by atoms with Gasteiger partial charge in [0.1, 0.15) is 0 Å². The van der Waals surface area contributed by atoms with Gasteiger partial charge in [-0.1, -0.05) is 0 Å². The van der Waals surface area contributed by atoms with Crippen molar-refractivity contribution in [3.63, 3.8) is 0 Å². The number of unbranched alkanes of at least 4 members (excludes halogenated alkanes) is 1. The van der Waals surface area contributed by atoms with Gasteiger partial charge in [0.05, 0.1) is 0 Å². The van der Waals surface area contributed by atoms with Crippen molar-refractivity contribution in [3.8, 4) is 0 Å². The molecule has 0 N–H and O–H groups in total. The van der Waals surface area contributed by atoms with E-state index in [4.69, 9.17) is 0 Å². The van der Waals surface area contributed by atoms with E-state index in [1.165, 1.54) is 17.3 Å². The van der Waals surface area contributed by atoms with Crippen LogP contribution in [0.2, 0.25) is 8.37 Å². The molecule has 0 rings (SSSR count). The average molecular weight is 307 g/mol. The van der Waals surface area contributed by atoms with Crippen LogP contribution in [0.15, 0.2) is 0 Å². The van der Waals surface area contributed by atoms with E-state index in [2.05, 4.69) is 55.2 Å². The van der Waals surface area contributed by atoms with Crippen LogP contribution in [-0.2, 0) is 0 Å². The van der Waals surface area contributed by atoms with Crippen molar-refractivity contribution in [2.75, 3.05) is 28.2 Å². The van der Waals surface area contributed by atoms with Gasteiger partial charge in [0.25, 0.3) is 0 Å². The Labute approximate surface area is 95.2 Å². The average Bonchev–Trinajstić information content (AvgIpc) is 2.03. The van der Waals surface area contributed by atoms with E-state index in [1.807, 2.05) is 0 Å². The third-order valence-electron chi connectivity index (χ3n) is 3.37. The first-order valence-corrected chi connectivity index (χ1v) is 12.0. The van der Waals surface area contributed by atoms with Crippen LogP contribution in [-0.4, -0.2) is 53.4 Å². The Kier molecular flexibility index (Phi) is 6.66. The molecule has 0 radical (unpaired) electrons. The first kappa shape index (κ1) is 14.7. The Balaban J connectivity index is 4.76. The second-order valence-electron chi connectivity index (χ2n) is 4.93. The number of hydrogen-bond donors (Lipinski definition) is 0. The van der Waals surface area contributed by atoms with Crippen LogP contribution >= 0.6 is 0 Å². The quantitative estimate of drug-likeness (QED) is 0.696. The van der Waals surface area contributed by atoms with E-state index in [0.29, 0.717) is 0 Å². The molecule has 0 atom stereocenters. The summed E-state index contributed by atoms with van der Waals surface area (Å²) in [6.07, 6.45) is 2.72. The molecule has 0 aromatic carbocycles. The molecule has 0 saturated heterocycles. The van der Waals surface area contributed by atoms with Crippen molar-refractivity contribution >= 4 is 18.9 Å². The standard InChI is InChI=1S/C4H9.C3H7.2C2H6N.Sn/c1-3-4-2;3*1-3-2;/h1,3-4H2,2H3;3H,1-2H3;2*1-2H3;/q;;2*-1;+2. The molecule has 0 unspecified atom stereocenters. The van der Waals surface area contributed by atoms with Gasteiger partial charge in [0, 0.05) is 0 Å². The second-order valence-corrected chi connectivity index (χ2v) is 19.8. The molecular formula is C11H28N2Sn. The molecule has 0 fully saturated rings. The summed E-state index contributed by atoms with van der Waals surface area (Å²) in [5.41, 5.74) is 0. The van der Waals surface area contributed by atoms with Crippen molar-refractivity contribution in [2.24, 2.45) is 0 Å². The fourth-order valence-electron chi connectivity index (χ4n) is 2.61. The third kappa shape index (κ3) is 3.10. The molecule has 2 nitrogen and oxygen atoms in total. The Morgan fingerprint density at radius 1 is 1.00 bits per heavy atom. The van der Waals surface area contributed by atoms with E-state index in [1.54, 1.807) is 0 Å². The maximum atomic E-state index is 2.58. The summed E-state index contributed by atoms with van der Waals surface area (Å²) in [7, 11) is 9.13. The molecule has 14 heavy (non-hydrogen) atoms. The number of rotatable bonds is 6. The fourth-order valence-corrected chi connectivity index (χ4v) is 17.5. The van der Waals surface area contributed by atoms with Crippen LogP contribution in [0.3, 0.4) is 0 Å². The topological polar surface area (TPSA) is 6.48 Å². The Bertz CT molecular complexity index is 134. The minimum absolute atomic E-state index is 0.862. The summed E-state index contributed by atoms with van der Waals surface area (Å²) in [6.45, 7) is 7.11. The molecule has 0 spiro atoms. The zero-order chi connectivity index (χ0) is 11.4. The van der Waals surface area contributed by atoms with Crippen LogP contribution in [0.4, 0.5) is 0 Å². The SMILES string of the molecule is CCC[CH2][Sn]([CH](C)C)([N](C)C)[N](C)C. The Hall–Kier alpha value is 0.719. The van der Waals surface area contributed by atoms with Crippen LogP contribution in [0, 0.1) is 0 Å². The van der Waals surface area contributed by atoms with Gasteiger partial charge >= 0.3 is 95.3 Å². The van der Waals surface area contributed by atoms with E-state index < -0.39 is 18.9 Å². The van der Waals surface area contributed by atoms with Crippen molar-refractivity contribution < 1.29 is 0 Å². The maximum absolute atomic E-state index is 2.58. The predicted octanol–water partition coefficient (Wildman–Crippen LogP) is 2.76. The van der Waals surface area contributed by atoms with Gasteiger partial charge in [-0.15, -0.1) is 0 Å². The summed E-state index contributed by atoms with van der Waals surface area (Å²) in [6, 6.07) is 0. The third-order valence-corrected chi connectivity index (χ3v) is 20.6. The zero-order valence-electron chi connectivity index (χ0n) is 11.1. The van der Waals surface area contributed by atoms with Gasteiger partial charge in [-0.2, -0.15) is 0 Å². The molecular weight excluding hydrogens is 279 g/mol. The van der Waals surface area contributed by atoms with Crippen LogP contribution in [0.5, 0.6) is 0 Å². The molecule has 0 aliphatic heterocycles. The molecule has 0 aromatic rings. The van der Waals surface area contributed by atoms with Gasteiger partial charge in [0.2, 0.25) is 0 Å². The number of hydrogen-bond acceptors (Lipinski definition) is 2. The van der Waals surface area contributed by atoms with Crippen LogP contribution < -0.4 is 0 Å². The molecule has 0 aromatic heterocycles. The van der Waals surface area contributed by atoms with Crippen molar-refractivity contribution in [1.82, 2.24) is 6.24 Å². The zero-order valence-corrected chi connectivity index (χ0v) is 13.9. The Morgan fingerprint density at radius 2 is 1.43 bits per heavy atom. The van der Waals surface area contributed by atoms with E-state index >= 15 is 0 Å². The number of nitrogens with zero attached hydrogens (tertiary/aromatic N) is 2. The molecule has 0 bridgehead atoms. The van der Waals surface area contributed by atoms with Gasteiger partial charge in [-0.25, -0.2) is 0 Å². The van der Waals surface area contributed by atoms with Crippen LogP contribution in [0.1, 0.15) is 33.6 Å². The van der Waals surface area contributed by atoms with Gasteiger partial charge in [-0.3, -0.25) is 0 Å². The van der Waals surface area contributed by atoms with Crippen molar-refractivity contribution in [1.29, 1.82) is 0 Å². The predicted molar refractivity (Wildman–Crippen MR) is 67.9 cm³/mol. The summed E-state index contributed by atoms with van der Waals surface area (Å²) in [5.74, 6) is 0. The molecule has 86 valence electrons. The fraction of sp³-hybridized carbons (Fsp3) is 1.00. The normalized spacial score (nSPS) is 13.3. The Morgan fingerprint density at radius 3 is 1.64 bits per heavy atom. The van der Waals surface area contributed by atoms with Gasteiger partial charge in [0.15, 0.2) is 0 Å². The van der Waals surface area contributed by atoms with E-state index in [9.17, 15) is 0 Å². The van der Waals surface area contributed by atoms with Crippen LogP contribution in [0.25, 0.3) is 0 Å². The molecule has 0 heterocycles. The van der Waals surface area contributed by atoms with Gasteiger partial charge < -0.3 is 0 Å². The molecule has 3 heteroatoms. The van der Waals surface area contributed by atoms with E-state index in [-0.39, 0.29) is 0 Å². The second kappa shape index (κ2) is 6.33. The molecule has 0 saturated carbocycles. The summed E-state index contributed by atoms with van der Waals surface area (Å²) < 4.78 is 7.48. The summed E-state index contributed by atoms with van der Waals surface area (Å²) in [5, 5.41) is 0. The summed E-state index contributed by atoms with van der Waals surface area (Å²) in [4.78, 5) is 0. The molecule has 0 aliphatic carbocycles. The monoisotopic (exact) mass is 308 g/mol.